The van der Waals surface area contributed by atoms with Crippen molar-refractivity contribution in [3.8, 4) is 11.5 Å². The molecular weight excluding hydrogens is 276 g/mol. The van der Waals surface area contributed by atoms with Crippen molar-refractivity contribution in [3.63, 3.8) is 0 Å². The van der Waals surface area contributed by atoms with E-state index in [2.05, 4.69) is 10.6 Å². The predicted molar refractivity (Wildman–Crippen MR) is 85.8 cm³/mol. The van der Waals surface area contributed by atoms with E-state index < -0.39 is 0 Å². The normalized spacial score (nSPS) is 35.5. The Balaban J connectivity index is 1.75. The molecule has 2 aliphatic carbocycles. The lowest BCUT2D eigenvalue weighted by Crippen LogP contribution is -2.59. The fourth-order valence-corrected chi connectivity index (χ4v) is 5.70. The third-order valence-corrected chi connectivity index (χ3v) is 6.54. The first-order valence-electron chi connectivity index (χ1n) is 8.79. The fraction of sp³-hybridized carbons (Fsp3) is 0.667. The Kier molecular flexibility index (Phi) is 2.70. The summed E-state index contributed by atoms with van der Waals surface area (Å²) in [6.07, 6.45) is 7.57. The van der Waals surface area contributed by atoms with Gasteiger partial charge in [0.15, 0.2) is 11.5 Å². The highest BCUT2D eigenvalue weighted by atomic mass is 16.5. The maximum absolute atomic E-state index is 10.5. The van der Waals surface area contributed by atoms with Crippen molar-refractivity contribution in [2.24, 2.45) is 5.92 Å². The van der Waals surface area contributed by atoms with Gasteiger partial charge in [-0.3, -0.25) is 0 Å². The van der Waals surface area contributed by atoms with E-state index in [1.54, 1.807) is 0 Å². The van der Waals surface area contributed by atoms with Gasteiger partial charge >= 0.3 is 0 Å². The molecule has 0 amide bonds. The molecule has 22 heavy (non-hydrogen) atoms. The Morgan fingerprint density at radius 2 is 2.18 bits per heavy atom. The van der Waals surface area contributed by atoms with Crippen molar-refractivity contribution in [3.05, 3.63) is 17.2 Å². The van der Waals surface area contributed by atoms with Crippen molar-refractivity contribution in [1.29, 1.82) is 0 Å². The molecule has 2 fully saturated rings. The lowest BCUT2D eigenvalue weighted by atomic mass is 9.52. The van der Waals surface area contributed by atoms with Gasteiger partial charge in [-0.05, 0) is 55.3 Å². The molecule has 2 aliphatic heterocycles. The van der Waals surface area contributed by atoms with E-state index in [1.807, 2.05) is 6.07 Å². The van der Waals surface area contributed by atoms with Crippen molar-refractivity contribution >= 4 is 5.69 Å². The molecule has 1 saturated heterocycles. The van der Waals surface area contributed by atoms with Crippen LogP contribution in [0.3, 0.4) is 0 Å². The summed E-state index contributed by atoms with van der Waals surface area (Å²) in [6.45, 7) is 2.58. The minimum atomic E-state index is 0.285. The zero-order chi connectivity index (χ0) is 14.7. The van der Waals surface area contributed by atoms with E-state index in [4.69, 9.17) is 4.74 Å². The summed E-state index contributed by atoms with van der Waals surface area (Å²) >= 11 is 0. The third kappa shape index (κ3) is 1.56. The van der Waals surface area contributed by atoms with Crippen LogP contribution < -0.4 is 15.4 Å². The van der Waals surface area contributed by atoms with Crippen LogP contribution in [0.4, 0.5) is 5.69 Å². The van der Waals surface area contributed by atoms with Crippen LogP contribution in [0.2, 0.25) is 0 Å². The number of benzene rings is 1. The Bertz CT molecular complexity index is 626. The fourth-order valence-electron chi connectivity index (χ4n) is 5.70. The molecule has 1 aromatic rings. The number of phenols is 1. The average molecular weight is 300 g/mol. The molecule has 3 unspecified atom stereocenters. The number of rotatable bonds is 0. The molecular formula is C18H24N2O2. The SMILES string of the molecule is Oc1cc2c(c3c1OCCN3)CC1NCCC23CCCCC13. The van der Waals surface area contributed by atoms with E-state index in [9.17, 15) is 5.11 Å². The number of fused-ring (bicyclic) bond motifs is 3. The van der Waals surface area contributed by atoms with E-state index in [1.165, 1.54) is 43.2 Å². The van der Waals surface area contributed by atoms with Crippen LogP contribution in [-0.2, 0) is 11.8 Å². The van der Waals surface area contributed by atoms with Gasteiger partial charge in [-0.25, -0.2) is 0 Å². The molecule has 4 aliphatic rings. The smallest absolute Gasteiger partial charge is 0.184 e. The van der Waals surface area contributed by atoms with Gasteiger partial charge in [-0.15, -0.1) is 0 Å². The maximum atomic E-state index is 10.5. The minimum absolute atomic E-state index is 0.285. The second-order valence-corrected chi connectivity index (χ2v) is 7.42. The Labute approximate surface area is 131 Å². The van der Waals surface area contributed by atoms with E-state index >= 15 is 0 Å². The molecule has 118 valence electrons. The number of hydrogen-bond acceptors (Lipinski definition) is 4. The summed E-state index contributed by atoms with van der Waals surface area (Å²) in [5.41, 5.74) is 4.18. The molecule has 4 heteroatoms. The minimum Gasteiger partial charge on any atom is -0.504 e. The molecule has 0 radical (unpaired) electrons. The number of piperidine rings is 1. The second-order valence-electron chi connectivity index (χ2n) is 7.42. The number of phenolic OH excluding ortho intramolecular Hbond substituents is 1. The van der Waals surface area contributed by atoms with Crippen molar-refractivity contribution in [2.45, 2.75) is 50.0 Å². The van der Waals surface area contributed by atoms with Gasteiger partial charge in [0.2, 0.25) is 0 Å². The van der Waals surface area contributed by atoms with Gasteiger partial charge in [0, 0.05) is 18.0 Å². The summed E-state index contributed by atoms with van der Waals surface area (Å²) < 4.78 is 5.74. The van der Waals surface area contributed by atoms with Crippen LogP contribution in [0.25, 0.3) is 0 Å². The molecule has 0 spiro atoms. The first-order chi connectivity index (χ1) is 10.8. The highest BCUT2D eigenvalue weighted by Gasteiger charge is 2.52. The molecule has 2 heterocycles. The first-order valence-corrected chi connectivity index (χ1v) is 8.79. The van der Waals surface area contributed by atoms with Crippen LogP contribution >= 0.6 is 0 Å². The lowest BCUT2D eigenvalue weighted by Gasteiger charge is -2.56. The summed E-state index contributed by atoms with van der Waals surface area (Å²) in [6, 6.07) is 2.64. The zero-order valence-corrected chi connectivity index (χ0v) is 13.0. The van der Waals surface area contributed by atoms with Crippen molar-refractivity contribution < 1.29 is 9.84 Å². The lowest BCUT2D eigenvalue weighted by molar-refractivity contribution is 0.0794. The van der Waals surface area contributed by atoms with Gasteiger partial charge in [-0.2, -0.15) is 0 Å². The molecule has 3 atom stereocenters. The molecule has 4 nitrogen and oxygen atoms in total. The number of nitrogens with one attached hydrogen (secondary N) is 2. The Hall–Kier alpha value is -1.42. The number of hydrogen-bond donors (Lipinski definition) is 3. The van der Waals surface area contributed by atoms with Gasteiger partial charge in [0.25, 0.3) is 0 Å². The highest BCUT2D eigenvalue weighted by Crippen LogP contribution is 2.57. The van der Waals surface area contributed by atoms with Crippen molar-refractivity contribution in [2.75, 3.05) is 25.0 Å². The molecule has 1 saturated carbocycles. The summed E-state index contributed by atoms with van der Waals surface area (Å²) in [4.78, 5) is 0. The standard InChI is InChI=1S/C18H24N2O2/c21-15-10-13-11(16-17(15)22-8-7-20-16)9-14-12-3-1-2-4-18(12,13)5-6-19-14/h10,12,14,19-21H,1-9H2. The van der Waals surface area contributed by atoms with Crippen LogP contribution in [-0.4, -0.2) is 30.8 Å². The topological polar surface area (TPSA) is 53.5 Å². The monoisotopic (exact) mass is 300 g/mol. The summed E-state index contributed by atoms with van der Waals surface area (Å²) in [5, 5.41) is 17.8. The van der Waals surface area contributed by atoms with Gasteiger partial charge in [0.1, 0.15) is 6.61 Å². The van der Waals surface area contributed by atoms with Gasteiger partial charge in [0.05, 0.1) is 5.69 Å². The van der Waals surface area contributed by atoms with E-state index in [0.717, 1.165) is 31.1 Å². The molecule has 5 rings (SSSR count). The predicted octanol–water partition coefficient (Wildman–Crippen LogP) is 2.54. The second kappa shape index (κ2) is 4.54. The quantitative estimate of drug-likeness (QED) is 0.689. The average Bonchev–Trinajstić information content (AvgIpc) is 2.56. The number of ether oxygens (including phenoxy) is 1. The Morgan fingerprint density at radius 1 is 1.23 bits per heavy atom. The number of aromatic hydroxyl groups is 1. The van der Waals surface area contributed by atoms with Crippen LogP contribution in [0, 0.1) is 5.92 Å². The third-order valence-electron chi connectivity index (χ3n) is 6.54. The van der Waals surface area contributed by atoms with E-state index in [-0.39, 0.29) is 5.41 Å². The van der Waals surface area contributed by atoms with Crippen LogP contribution in [0.1, 0.15) is 43.2 Å². The summed E-state index contributed by atoms with van der Waals surface area (Å²) in [7, 11) is 0. The molecule has 3 N–H and O–H groups in total. The number of anilines is 1. The van der Waals surface area contributed by atoms with Crippen LogP contribution in [0.15, 0.2) is 6.07 Å². The molecule has 0 aromatic heterocycles. The molecule has 1 aromatic carbocycles. The largest absolute Gasteiger partial charge is 0.504 e. The van der Waals surface area contributed by atoms with Gasteiger partial charge in [-0.1, -0.05) is 12.8 Å². The van der Waals surface area contributed by atoms with Crippen LogP contribution in [0.5, 0.6) is 11.5 Å². The van der Waals surface area contributed by atoms with E-state index in [0.29, 0.717) is 24.1 Å². The maximum Gasteiger partial charge on any atom is 0.184 e. The highest BCUT2D eigenvalue weighted by molar-refractivity contribution is 5.73. The summed E-state index contributed by atoms with van der Waals surface area (Å²) in [5.74, 6) is 1.75. The van der Waals surface area contributed by atoms with Crippen molar-refractivity contribution in [1.82, 2.24) is 5.32 Å². The van der Waals surface area contributed by atoms with Gasteiger partial charge < -0.3 is 20.5 Å². The first kappa shape index (κ1) is 13.1. The zero-order valence-electron chi connectivity index (χ0n) is 13.0. The molecule has 2 bridgehead atoms. The Morgan fingerprint density at radius 3 is 3.14 bits per heavy atom.